The molecule has 0 spiro atoms. The molecule has 0 saturated carbocycles. The smallest absolute Gasteiger partial charge is 0.221 e. The first-order valence-electron chi connectivity index (χ1n) is 6.83. The fourth-order valence-corrected chi connectivity index (χ4v) is 2.05. The topological polar surface area (TPSA) is 41.1 Å². The lowest BCUT2D eigenvalue weighted by atomic mass is 10.1. The van der Waals surface area contributed by atoms with Gasteiger partial charge in [0.15, 0.2) is 0 Å². The van der Waals surface area contributed by atoms with Gasteiger partial charge in [-0.25, -0.2) is 4.39 Å². The summed E-state index contributed by atoms with van der Waals surface area (Å²) in [7, 11) is 0. The summed E-state index contributed by atoms with van der Waals surface area (Å²) in [6.07, 6.45) is 0. The maximum atomic E-state index is 13.8. The van der Waals surface area contributed by atoms with Crippen LogP contribution in [0.5, 0.6) is 0 Å². The zero-order valence-electron chi connectivity index (χ0n) is 12.5. The Hall–Kier alpha value is -2.36. The van der Waals surface area contributed by atoms with Crippen molar-refractivity contribution in [2.45, 2.75) is 27.3 Å². The van der Waals surface area contributed by atoms with Gasteiger partial charge in [0.25, 0.3) is 0 Å². The molecular weight excluding hydrogens is 267 g/mol. The summed E-state index contributed by atoms with van der Waals surface area (Å²) >= 11 is 0. The highest BCUT2D eigenvalue weighted by molar-refractivity contribution is 5.89. The predicted octanol–water partition coefficient (Wildman–Crippen LogP) is 4.01. The SMILES string of the molecule is CC(=O)Nc1ccc(F)c(NCc2ccc(C)c(C)c2)c1. The van der Waals surface area contributed by atoms with Gasteiger partial charge in [0.2, 0.25) is 5.91 Å². The molecule has 2 rings (SSSR count). The monoisotopic (exact) mass is 286 g/mol. The van der Waals surface area contributed by atoms with Crippen molar-refractivity contribution in [3.63, 3.8) is 0 Å². The molecule has 110 valence electrons. The Kier molecular flexibility index (Phi) is 4.58. The molecule has 2 aromatic rings. The van der Waals surface area contributed by atoms with E-state index in [1.165, 1.54) is 30.2 Å². The molecule has 0 saturated heterocycles. The van der Waals surface area contributed by atoms with Crippen LogP contribution in [0.25, 0.3) is 0 Å². The van der Waals surface area contributed by atoms with E-state index in [2.05, 4.69) is 36.6 Å². The summed E-state index contributed by atoms with van der Waals surface area (Å²) in [6, 6.07) is 10.6. The van der Waals surface area contributed by atoms with Crippen molar-refractivity contribution in [2.24, 2.45) is 0 Å². The van der Waals surface area contributed by atoms with Gasteiger partial charge in [-0.1, -0.05) is 18.2 Å². The molecule has 0 fully saturated rings. The number of aryl methyl sites for hydroxylation is 2. The number of rotatable bonds is 4. The van der Waals surface area contributed by atoms with Crippen LogP contribution < -0.4 is 10.6 Å². The van der Waals surface area contributed by atoms with E-state index in [9.17, 15) is 9.18 Å². The molecule has 21 heavy (non-hydrogen) atoms. The van der Waals surface area contributed by atoms with Crippen LogP contribution in [0.1, 0.15) is 23.6 Å². The number of anilines is 2. The average molecular weight is 286 g/mol. The van der Waals surface area contributed by atoms with E-state index in [1.807, 2.05) is 6.07 Å². The summed E-state index contributed by atoms with van der Waals surface area (Å²) in [5, 5.41) is 5.70. The van der Waals surface area contributed by atoms with Gasteiger partial charge < -0.3 is 10.6 Å². The second-order valence-electron chi connectivity index (χ2n) is 5.15. The van der Waals surface area contributed by atoms with E-state index in [1.54, 1.807) is 6.07 Å². The van der Waals surface area contributed by atoms with E-state index in [4.69, 9.17) is 0 Å². The van der Waals surface area contributed by atoms with Crippen molar-refractivity contribution >= 4 is 17.3 Å². The van der Waals surface area contributed by atoms with E-state index < -0.39 is 0 Å². The van der Waals surface area contributed by atoms with Gasteiger partial charge in [0.05, 0.1) is 5.69 Å². The molecule has 0 unspecified atom stereocenters. The Morgan fingerprint density at radius 1 is 1.10 bits per heavy atom. The van der Waals surface area contributed by atoms with Crippen molar-refractivity contribution in [1.82, 2.24) is 0 Å². The van der Waals surface area contributed by atoms with Crippen LogP contribution in [0.3, 0.4) is 0 Å². The zero-order valence-corrected chi connectivity index (χ0v) is 12.5. The number of nitrogens with one attached hydrogen (secondary N) is 2. The molecule has 0 aliphatic heterocycles. The Morgan fingerprint density at radius 3 is 2.52 bits per heavy atom. The molecule has 0 aromatic heterocycles. The molecule has 0 atom stereocenters. The van der Waals surface area contributed by atoms with Gasteiger partial charge in [0, 0.05) is 19.2 Å². The van der Waals surface area contributed by atoms with Gasteiger partial charge in [-0.2, -0.15) is 0 Å². The van der Waals surface area contributed by atoms with E-state index >= 15 is 0 Å². The van der Waals surface area contributed by atoms with Crippen LogP contribution in [0.2, 0.25) is 0 Å². The van der Waals surface area contributed by atoms with E-state index in [-0.39, 0.29) is 11.7 Å². The fourth-order valence-electron chi connectivity index (χ4n) is 2.05. The first-order valence-corrected chi connectivity index (χ1v) is 6.83. The fraction of sp³-hybridized carbons (Fsp3) is 0.235. The predicted molar refractivity (Wildman–Crippen MR) is 83.9 cm³/mol. The highest BCUT2D eigenvalue weighted by atomic mass is 19.1. The molecule has 3 nitrogen and oxygen atoms in total. The number of hydrogen-bond acceptors (Lipinski definition) is 2. The normalized spacial score (nSPS) is 10.3. The van der Waals surface area contributed by atoms with E-state index in [0.717, 1.165) is 5.56 Å². The van der Waals surface area contributed by atoms with Gasteiger partial charge in [-0.15, -0.1) is 0 Å². The molecule has 0 aliphatic rings. The quantitative estimate of drug-likeness (QED) is 0.891. The van der Waals surface area contributed by atoms with Crippen molar-refractivity contribution in [3.05, 3.63) is 58.9 Å². The summed E-state index contributed by atoms with van der Waals surface area (Å²) in [4.78, 5) is 11.0. The highest BCUT2D eigenvalue weighted by Gasteiger charge is 2.05. The third-order valence-corrected chi connectivity index (χ3v) is 3.34. The third kappa shape index (κ3) is 4.05. The zero-order chi connectivity index (χ0) is 15.4. The van der Waals surface area contributed by atoms with Crippen LogP contribution in [-0.2, 0) is 11.3 Å². The minimum atomic E-state index is -0.340. The summed E-state index contributed by atoms with van der Waals surface area (Å²) in [5.74, 6) is -0.519. The van der Waals surface area contributed by atoms with Crippen LogP contribution in [0, 0.1) is 19.7 Å². The number of carbonyl (C=O) groups is 1. The molecule has 2 aromatic carbocycles. The molecule has 0 bridgehead atoms. The molecule has 2 N–H and O–H groups in total. The lowest BCUT2D eigenvalue weighted by molar-refractivity contribution is -0.114. The number of amides is 1. The first-order chi connectivity index (χ1) is 9.95. The molecular formula is C17H19FN2O. The van der Waals surface area contributed by atoms with Gasteiger partial charge in [0.1, 0.15) is 5.82 Å². The van der Waals surface area contributed by atoms with Gasteiger partial charge >= 0.3 is 0 Å². The largest absolute Gasteiger partial charge is 0.379 e. The second-order valence-corrected chi connectivity index (χ2v) is 5.15. The molecule has 0 aliphatic carbocycles. The minimum Gasteiger partial charge on any atom is -0.379 e. The van der Waals surface area contributed by atoms with Crippen molar-refractivity contribution in [3.8, 4) is 0 Å². The molecule has 0 heterocycles. The minimum absolute atomic E-state index is 0.179. The van der Waals surface area contributed by atoms with Crippen LogP contribution in [0.4, 0.5) is 15.8 Å². The number of halogens is 1. The van der Waals surface area contributed by atoms with Crippen LogP contribution >= 0.6 is 0 Å². The molecule has 0 radical (unpaired) electrons. The maximum Gasteiger partial charge on any atom is 0.221 e. The van der Waals surface area contributed by atoms with Crippen molar-refractivity contribution in [2.75, 3.05) is 10.6 Å². The van der Waals surface area contributed by atoms with Crippen molar-refractivity contribution < 1.29 is 9.18 Å². The standard InChI is InChI=1S/C17H19FN2O/c1-11-4-5-14(8-12(11)2)10-19-17-9-15(20-13(3)21)6-7-16(17)18/h4-9,19H,10H2,1-3H3,(H,20,21). The van der Waals surface area contributed by atoms with Crippen LogP contribution in [-0.4, -0.2) is 5.91 Å². The molecule has 1 amide bonds. The highest BCUT2D eigenvalue weighted by Crippen LogP contribution is 2.21. The summed E-state index contributed by atoms with van der Waals surface area (Å²) < 4.78 is 13.8. The lowest BCUT2D eigenvalue weighted by Crippen LogP contribution is -2.07. The molecule has 4 heteroatoms. The van der Waals surface area contributed by atoms with Gasteiger partial charge in [-0.3, -0.25) is 4.79 Å². The Bertz CT molecular complexity index is 668. The lowest BCUT2D eigenvalue weighted by Gasteiger charge is -2.11. The average Bonchev–Trinajstić information content (AvgIpc) is 2.42. The Labute approximate surface area is 124 Å². The number of benzene rings is 2. The van der Waals surface area contributed by atoms with E-state index in [0.29, 0.717) is 17.9 Å². The number of hydrogen-bond donors (Lipinski definition) is 2. The summed E-state index contributed by atoms with van der Waals surface area (Å²) in [6.45, 7) is 6.06. The summed E-state index contributed by atoms with van der Waals surface area (Å²) in [5.41, 5.74) is 4.48. The Balaban J connectivity index is 2.11. The van der Waals surface area contributed by atoms with Crippen molar-refractivity contribution in [1.29, 1.82) is 0 Å². The first kappa shape index (κ1) is 15.0. The second kappa shape index (κ2) is 6.39. The number of carbonyl (C=O) groups excluding carboxylic acids is 1. The Morgan fingerprint density at radius 2 is 1.86 bits per heavy atom. The van der Waals surface area contributed by atoms with Gasteiger partial charge in [-0.05, 0) is 48.7 Å². The van der Waals surface area contributed by atoms with Crippen LogP contribution in [0.15, 0.2) is 36.4 Å². The third-order valence-electron chi connectivity index (χ3n) is 3.34. The maximum absolute atomic E-state index is 13.8.